The summed E-state index contributed by atoms with van der Waals surface area (Å²) in [6.45, 7) is -0.266. The third-order valence-corrected chi connectivity index (χ3v) is 6.76. The average Bonchev–Trinajstić information content (AvgIpc) is 3.45. The lowest BCUT2D eigenvalue weighted by Crippen LogP contribution is -2.39. The Morgan fingerprint density at radius 2 is 1.76 bits per heavy atom. The van der Waals surface area contributed by atoms with Crippen LogP contribution in [0, 0.1) is 17.5 Å². The van der Waals surface area contributed by atoms with E-state index in [1.165, 1.54) is 22.9 Å². The highest BCUT2D eigenvalue weighted by Crippen LogP contribution is 2.39. The minimum absolute atomic E-state index is 0.0332. The zero-order valence-electron chi connectivity index (χ0n) is 20.0. The summed E-state index contributed by atoms with van der Waals surface area (Å²) in [5, 5.41) is 17.2. The van der Waals surface area contributed by atoms with Crippen molar-refractivity contribution in [2.24, 2.45) is 0 Å². The maximum atomic E-state index is 14.8. The molecule has 2 atom stereocenters. The lowest BCUT2D eigenvalue weighted by Gasteiger charge is -2.16. The van der Waals surface area contributed by atoms with E-state index in [1.807, 2.05) is 36.4 Å². The van der Waals surface area contributed by atoms with E-state index >= 15 is 0 Å². The van der Waals surface area contributed by atoms with Crippen LogP contribution < -0.4 is 5.32 Å². The van der Waals surface area contributed by atoms with E-state index in [9.17, 15) is 23.1 Å². The predicted octanol–water partition coefficient (Wildman–Crippen LogP) is 4.90. The fourth-order valence-corrected chi connectivity index (χ4v) is 5.06. The van der Waals surface area contributed by atoms with Gasteiger partial charge in [-0.15, -0.1) is 0 Å². The molecule has 3 aromatic carbocycles. The number of nitrogens with one attached hydrogen (secondary N) is 1. The van der Waals surface area contributed by atoms with E-state index in [4.69, 9.17) is 0 Å². The quantitative estimate of drug-likeness (QED) is 0.358. The van der Waals surface area contributed by atoms with E-state index < -0.39 is 23.6 Å². The molecule has 0 bridgehead atoms. The van der Waals surface area contributed by atoms with Gasteiger partial charge in [0.1, 0.15) is 17.3 Å². The molecule has 1 aliphatic rings. The lowest BCUT2D eigenvalue weighted by molar-refractivity contribution is 0.0910. The summed E-state index contributed by atoms with van der Waals surface area (Å²) in [6, 6.07) is 18.5. The van der Waals surface area contributed by atoms with Crippen molar-refractivity contribution in [3.63, 3.8) is 0 Å². The highest BCUT2D eigenvalue weighted by Gasteiger charge is 2.35. The number of hydrogen-bond donors (Lipinski definition) is 2. The molecular weight excluding hydrogens is 479 g/mol. The van der Waals surface area contributed by atoms with Crippen molar-refractivity contribution in [3.05, 3.63) is 118 Å². The standard InChI is InChI=1S/C29H26F3N3O2/c30-21-8-4-7-19(14-21)13-20-9-11-24-27(29(37)33-23(17-36)15-18-5-2-1-3-6-18)34-35(28(20)24)26-12-10-22(31)16-25(26)32/h1-8,10,12,14,16,20,23,36H,9,11,13,15,17H2,(H,33,37)/t20?,23-/m1/s1. The van der Waals surface area contributed by atoms with Crippen LogP contribution in [0.1, 0.15) is 45.2 Å². The summed E-state index contributed by atoms with van der Waals surface area (Å²) < 4.78 is 43.7. The largest absolute Gasteiger partial charge is 0.394 e. The maximum Gasteiger partial charge on any atom is 0.272 e. The van der Waals surface area contributed by atoms with Crippen LogP contribution in [-0.2, 0) is 19.3 Å². The van der Waals surface area contributed by atoms with Crippen LogP contribution in [0.4, 0.5) is 13.2 Å². The Hall–Kier alpha value is -3.91. The van der Waals surface area contributed by atoms with Gasteiger partial charge in [0.15, 0.2) is 11.5 Å². The Morgan fingerprint density at radius 1 is 1.00 bits per heavy atom. The summed E-state index contributed by atoms with van der Waals surface area (Å²) in [7, 11) is 0. The third kappa shape index (κ3) is 5.29. The number of carbonyl (C=O) groups is 1. The molecule has 8 heteroatoms. The lowest BCUT2D eigenvalue weighted by atomic mass is 9.97. The van der Waals surface area contributed by atoms with Gasteiger partial charge in [0.2, 0.25) is 0 Å². The predicted molar refractivity (Wildman–Crippen MR) is 133 cm³/mol. The van der Waals surface area contributed by atoms with Gasteiger partial charge in [0.25, 0.3) is 5.91 Å². The van der Waals surface area contributed by atoms with Crippen molar-refractivity contribution in [2.75, 3.05) is 6.61 Å². The SMILES string of the molecule is O=C(N[C@@H](CO)Cc1ccccc1)c1nn(-c2ccc(F)cc2F)c2c1CCC2Cc1cccc(F)c1. The molecule has 0 saturated heterocycles. The van der Waals surface area contributed by atoms with Gasteiger partial charge in [-0.3, -0.25) is 4.79 Å². The van der Waals surface area contributed by atoms with Crippen LogP contribution >= 0.6 is 0 Å². The van der Waals surface area contributed by atoms with Crippen LogP contribution in [0.25, 0.3) is 5.69 Å². The summed E-state index contributed by atoms with van der Waals surface area (Å²) >= 11 is 0. The Balaban J connectivity index is 1.49. The van der Waals surface area contributed by atoms with E-state index in [0.29, 0.717) is 36.9 Å². The highest BCUT2D eigenvalue weighted by molar-refractivity contribution is 5.94. The number of nitrogens with zero attached hydrogens (tertiary/aromatic N) is 2. The van der Waals surface area contributed by atoms with E-state index in [2.05, 4.69) is 10.4 Å². The Bertz CT molecular complexity index is 1420. The minimum atomic E-state index is -0.800. The summed E-state index contributed by atoms with van der Waals surface area (Å²) in [5.74, 6) is -2.48. The van der Waals surface area contributed by atoms with E-state index in [-0.39, 0.29) is 29.7 Å². The molecule has 2 N–H and O–H groups in total. The monoisotopic (exact) mass is 505 g/mol. The van der Waals surface area contributed by atoms with Crippen molar-refractivity contribution in [1.29, 1.82) is 0 Å². The van der Waals surface area contributed by atoms with Gasteiger partial charge in [-0.1, -0.05) is 42.5 Å². The van der Waals surface area contributed by atoms with Crippen molar-refractivity contribution in [2.45, 2.75) is 37.6 Å². The Labute approximate surface area is 212 Å². The minimum Gasteiger partial charge on any atom is -0.394 e. The van der Waals surface area contributed by atoms with Crippen LogP contribution in [0.5, 0.6) is 0 Å². The highest BCUT2D eigenvalue weighted by atomic mass is 19.1. The molecule has 1 amide bonds. The van der Waals surface area contributed by atoms with Crippen LogP contribution in [-0.4, -0.2) is 33.4 Å². The van der Waals surface area contributed by atoms with Crippen LogP contribution in [0.2, 0.25) is 0 Å². The van der Waals surface area contributed by atoms with Crippen molar-refractivity contribution < 1.29 is 23.1 Å². The molecule has 0 radical (unpaired) electrons. The fraction of sp³-hybridized carbons (Fsp3) is 0.241. The van der Waals surface area contributed by atoms with Gasteiger partial charge in [0, 0.05) is 17.5 Å². The van der Waals surface area contributed by atoms with Gasteiger partial charge in [-0.05, 0) is 61.1 Å². The first-order valence-corrected chi connectivity index (χ1v) is 12.2. The Kier molecular flexibility index (Phi) is 7.10. The molecule has 1 unspecified atom stereocenters. The van der Waals surface area contributed by atoms with Crippen LogP contribution in [0.15, 0.2) is 72.8 Å². The van der Waals surface area contributed by atoms with E-state index in [1.54, 1.807) is 6.07 Å². The second-order valence-corrected chi connectivity index (χ2v) is 9.33. The summed E-state index contributed by atoms with van der Waals surface area (Å²) in [4.78, 5) is 13.4. The summed E-state index contributed by atoms with van der Waals surface area (Å²) in [5.41, 5.74) is 3.25. The zero-order valence-corrected chi connectivity index (χ0v) is 20.0. The fourth-order valence-electron chi connectivity index (χ4n) is 5.06. The number of amides is 1. The number of halogens is 3. The van der Waals surface area contributed by atoms with E-state index in [0.717, 1.165) is 23.3 Å². The second kappa shape index (κ2) is 10.6. The second-order valence-electron chi connectivity index (χ2n) is 9.33. The molecule has 1 aromatic heterocycles. The van der Waals surface area contributed by atoms with Crippen molar-refractivity contribution >= 4 is 5.91 Å². The number of aliphatic hydroxyl groups is 1. The third-order valence-electron chi connectivity index (χ3n) is 6.76. The molecule has 0 spiro atoms. The number of rotatable bonds is 8. The first-order valence-electron chi connectivity index (χ1n) is 12.2. The Morgan fingerprint density at radius 3 is 2.49 bits per heavy atom. The van der Waals surface area contributed by atoms with Gasteiger partial charge in [-0.25, -0.2) is 17.9 Å². The number of aliphatic hydroxyl groups excluding tert-OH is 1. The zero-order chi connectivity index (χ0) is 25.9. The number of hydrogen-bond acceptors (Lipinski definition) is 3. The molecule has 0 saturated carbocycles. The topological polar surface area (TPSA) is 67.2 Å². The molecule has 1 heterocycles. The average molecular weight is 506 g/mol. The maximum absolute atomic E-state index is 14.8. The molecule has 0 aliphatic heterocycles. The van der Waals surface area contributed by atoms with Gasteiger partial charge in [0.05, 0.1) is 18.3 Å². The molecule has 190 valence electrons. The summed E-state index contributed by atoms with van der Waals surface area (Å²) in [6.07, 6.45) is 2.11. The molecule has 4 aromatic rings. The molecule has 5 nitrogen and oxygen atoms in total. The normalized spacial score (nSPS) is 15.4. The number of aromatic nitrogens is 2. The molecule has 1 aliphatic carbocycles. The van der Waals surface area contributed by atoms with Crippen molar-refractivity contribution in [1.82, 2.24) is 15.1 Å². The smallest absolute Gasteiger partial charge is 0.272 e. The van der Waals surface area contributed by atoms with Gasteiger partial charge in [-0.2, -0.15) is 5.10 Å². The van der Waals surface area contributed by atoms with Crippen molar-refractivity contribution in [3.8, 4) is 5.69 Å². The first kappa shape index (κ1) is 24.8. The molecular formula is C29H26F3N3O2. The van der Waals surface area contributed by atoms with Crippen LogP contribution in [0.3, 0.4) is 0 Å². The number of benzene rings is 3. The van der Waals surface area contributed by atoms with Gasteiger partial charge < -0.3 is 10.4 Å². The molecule has 0 fully saturated rings. The molecule has 5 rings (SSSR count). The number of carbonyl (C=O) groups excluding carboxylic acids is 1. The first-order chi connectivity index (χ1) is 17.9. The molecule has 37 heavy (non-hydrogen) atoms. The van der Waals surface area contributed by atoms with Gasteiger partial charge >= 0.3 is 0 Å². The number of fused-ring (bicyclic) bond motifs is 1.